The fraction of sp³-hybridized carbons (Fsp3) is 0.250. The van der Waals surface area contributed by atoms with Crippen LogP contribution in [-0.4, -0.2) is 42.5 Å². The summed E-state index contributed by atoms with van der Waals surface area (Å²) in [6.45, 7) is 3.18. The Labute approximate surface area is 145 Å². The number of hydrogen-bond acceptors (Lipinski definition) is 7. The molecule has 0 aliphatic carbocycles. The number of ketones is 1. The van der Waals surface area contributed by atoms with Crippen LogP contribution in [0.5, 0.6) is 0 Å². The van der Waals surface area contributed by atoms with Crippen LogP contribution in [0.25, 0.3) is 0 Å². The van der Waals surface area contributed by atoms with Gasteiger partial charge in [-0.05, 0) is 38.1 Å². The fourth-order valence-corrected chi connectivity index (χ4v) is 2.49. The van der Waals surface area contributed by atoms with Crippen LogP contribution in [0.3, 0.4) is 0 Å². The number of ether oxygens (including phenoxy) is 1. The summed E-state index contributed by atoms with van der Waals surface area (Å²) in [5.41, 5.74) is 1.29. The zero-order chi connectivity index (χ0) is 18.6. The van der Waals surface area contributed by atoms with Gasteiger partial charge in [-0.15, -0.1) is 0 Å². The second-order valence-electron chi connectivity index (χ2n) is 5.41. The predicted molar refractivity (Wildman–Crippen MR) is 90.9 cm³/mol. The number of aromatic nitrogens is 2. The molecule has 0 aliphatic heterocycles. The Balaban J connectivity index is 2.04. The highest BCUT2D eigenvalue weighted by Crippen LogP contribution is 2.14. The van der Waals surface area contributed by atoms with Crippen molar-refractivity contribution in [1.82, 2.24) is 9.97 Å². The van der Waals surface area contributed by atoms with Crippen molar-refractivity contribution in [2.45, 2.75) is 20.0 Å². The molecule has 1 aromatic heterocycles. The summed E-state index contributed by atoms with van der Waals surface area (Å²) in [5, 5.41) is 0. The molecule has 1 N–H and O–H groups in total. The molecule has 0 spiro atoms. The van der Waals surface area contributed by atoms with Crippen molar-refractivity contribution in [3.05, 3.63) is 53.6 Å². The number of nitrogens with one attached hydrogen (secondary N) is 1. The zero-order valence-corrected chi connectivity index (χ0v) is 14.7. The number of Topliss-reactive ketones (excluding diaryl/α,β-unsaturated/α-hetero) is 1. The first-order chi connectivity index (χ1) is 11.7. The van der Waals surface area contributed by atoms with Gasteiger partial charge in [0.2, 0.25) is 15.8 Å². The van der Waals surface area contributed by atoms with Crippen LogP contribution in [-0.2, 0) is 14.8 Å². The van der Waals surface area contributed by atoms with Gasteiger partial charge < -0.3 is 4.74 Å². The van der Waals surface area contributed by atoms with E-state index >= 15 is 0 Å². The Kier molecular flexibility index (Phi) is 5.48. The second-order valence-corrected chi connectivity index (χ2v) is 7.15. The van der Waals surface area contributed by atoms with E-state index in [0.717, 1.165) is 6.26 Å². The minimum absolute atomic E-state index is 0.0120. The van der Waals surface area contributed by atoms with Gasteiger partial charge in [0.25, 0.3) is 0 Å². The van der Waals surface area contributed by atoms with E-state index in [1.807, 2.05) is 0 Å². The standard InChI is InChI=1S/C16H17N3O5S/c1-10-8-18-14(9-17-10)16(21)24-11(2)15(20)12-4-6-13(7-5-12)19-25(3,22)23/h4-9,11,19H,1-3H3/t11-/m0/s1. The van der Waals surface area contributed by atoms with Crippen molar-refractivity contribution in [2.24, 2.45) is 0 Å². The summed E-state index contributed by atoms with van der Waals surface area (Å²) in [7, 11) is -3.39. The molecule has 9 heteroatoms. The minimum atomic E-state index is -3.39. The van der Waals surface area contributed by atoms with Crippen LogP contribution in [0.2, 0.25) is 0 Å². The summed E-state index contributed by atoms with van der Waals surface area (Å²) in [5.74, 6) is -1.16. The van der Waals surface area contributed by atoms with Crippen LogP contribution in [0.4, 0.5) is 5.69 Å². The lowest BCUT2D eigenvalue weighted by Crippen LogP contribution is -2.25. The Morgan fingerprint density at radius 2 is 1.76 bits per heavy atom. The van der Waals surface area contributed by atoms with Crippen molar-refractivity contribution in [3.8, 4) is 0 Å². The number of hydrogen-bond donors (Lipinski definition) is 1. The molecule has 2 rings (SSSR count). The topological polar surface area (TPSA) is 115 Å². The Hall–Kier alpha value is -2.81. The maximum Gasteiger partial charge on any atom is 0.359 e. The molecule has 2 aromatic rings. The van der Waals surface area contributed by atoms with E-state index in [9.17, 15) is 18.0 Å². The summed E-state index contributed by atoms with van der Waals surface area (Å²) in [6.07, 6.45) is 2.71. The van der Waals surface area contributed by atoms with Gasteiger partial charge >= 0.3 is 5.97 Å². The van der Waals surface area contributed by atoms with E-state index in [4.69, 9.17) is 4.74 Å². The second kappa shape index (κ2) is 7.39. The van der Waals surface area contributed by atoms with Crippen molar-refractivity contribution in [3.63, 3.8) is 0 Å². The average Bonchev–Trinajstić information content (AvgIpc) is 2.54. The highest BCUT2D eigenvalue weighted by molar-refractivity contribution is 7.92. The third-order valence-electron chi connectivity index (χ3n) is 3.12. The van der Waals surface area contributed by atoms with Gasteiger partial charge in [0.1, 0.15) is 0 Å². The molecule has 0 bridgehead atoms. The van der Waals surface area contributed by atoms with Gasteiger partial charge in [0.05, 0.1) is 18.1 Å². The van der Waals surface area contributed by atoms with Gasteiger partial charge in [-0.3, -0.25) is 14.5 Å². The van der Waals surface area contributed by atoms with Crippen LogP contribution in [0.1, 0.15) is 33.5 Å². The number of anilines is 1. The molecule has 1 heterocycles. The number of carbonyl (C=O) groups excluding carboxylic acids is 2. The Morgan fingerprint density at radius 1 is 1.12 bits per heavy atom. The summed E-state index contributed by atoms with van der Waals surface area (Å²) in [6, 6.07) is 5.81. The quantitative estimate of drug-likeness (QED) is 0.612. The molecule has 0 aliphatic rings. The van der Waals surface area contributed by atoms with Gasteiger partial charge in [-0.1, -0.05) is 0 Å². The average molecular weight is 363 g/mol. The molecule has 132 valence electrons. The maximum atomic E-state index is 12.3. The van der Waals surface area contributed by atoms with E-state index in [2.05, 4.69) is 14.7 Å². The molecular formula is C16H17N3O5S. The van der Waals surface area contributed by atoms with Gasteiger partial charge in [-0.2, -0.15) is 0 Å². The van der Waals surface area contributed by atoms with Crippen molar-refractivity contribution in [1.29, 1.82) is 0 Å². The molecule has 8 nitrogen and oxygen atoms in total. The molecular weight excluding hydrogens is 346 g/mol. The van der Waals surface area contributed by atoms with Crippen molar-refractivity contribution in [2.75, 3.05) is 11.0 Å². The van der Waals surface area contributed by atoms with Gasteiger partial charge in [0.15, 0.2) is 11.8 Å². The van der Waals surface area contributed by atoms with E-state index in [0.29, 0.717) is 11.4 Å². The number of rotatable bonds is 6. The molecule has 0 fully saturated rings. The van der Waals surface area contributed by atoms with Crippen LogP contribution in [0, 0.1) is 6.92 Å². The Bertz CT molecular complexity index is 877. The molecule has 1 atom stereocenters. The Morgan fingerprint density at radius 3 is 2.28 bits per heavy atom. The largest absolute Gasteiger partial charge is 0.449 e. The van der Waals surface area contributed by atoms with Crippen LogP contribution in [0.15, 0.2) is 36.7 Å². The minimum Gasteiger partial charge on any atom is -0.449 e. The van der Waals surface area contributed by atoms with E-state index in [1.165, 1.54) is 43.6 Å². The maximum absolute atomic E-state index is 12.3. The molecule has 1 aromatic carbocycles. The first-order valence-corrected chi connectivity index (χ1v) is 9.16. The molecule has 0 radical (unpaired) electrons. The molecule has 0 amide bonds. The highest BCUT2D eigenvalue weighted by Gasteiger charge is 2.21. The summed E-state index contributed by atoms with van der Waals surface area (Å²) in [4.78, 5) is 32.1. The number of sulfonamides is 1. The number of esters is 1. The van der Waals surface area contributed by atoms with Crippen LogP contribution >= 0.6 is 0 Å². The van der Waals surface area contributed by atoms with E-state index in [-0.39, 0.29) is 11.3 Å². The van der Waals surface area contributed by atoms with Gasteiger partial charge in [0, 0.05) is 17.4 Å². The van der Waals surface area contributed by atoms with Crippen molar-refractivity contribution >= 4 is 27.5 Å². The smallest absolute Gasteiger partial charge is 0.359 e. The molecule has 0 saturated heterocycles. The number of carbonyl (C=O) groups is 2. The lowest BCUT2D eigenvalue weighted by Gasteiger charge is -2.12. The number of nitrogens with zero attached hydrogens (tertiary/aromatic N) is 2. The van der Waals surface area contributed by atoms with E-state index in [1.54, 1.807) is 6.92 Å². The lowest BCUT2D eigenvalue weighted by atomic mass is 10.1. The highest BCUT2D eigenvalue weighted by atomic mass is 32.2. The molecule has 25 heavy (non-hydrogen) atoms. The fourth-order valence-electron chi connectivity index (χ4n) is 1.92. The zero-order valence-electron chi connectivity index (χ0n) is 13.9. The SMILES string of the molecule is Cc1cnc(C(=O)O[C@@H](C)C(=O)c2ccc(NS(C)(=O)=O)cc2)cn1. The summed E-state index contributed by atoms with van der Waals surface area (Å²) >= 11 is 0. The molecule has 0 unspecified atom stereocenters. The third kappa shape index (κ3) is 5.35. The van der Waals surface area contributed by atoms with Gasteiger partial charge in [-0.25, -0.2) is 18.2 Å². The monoisotopic (exact) mass is 363 g/mol. The number of benzene rings is 1. The molecule has 0 saturated carbocycles. The number of aryl methyl sites for hydroxylation is 1. The third-order valence-corrected chi connectivity index (χ3v) is 3.72. The predicted octanol–water partition coefficient (Wildman–Crippen LogP) is 1.58. The first-order valence-electron chi connectivity index (χ1n) is 7.27. The van der Waals surface area contributed by atoms with Crippen molar-refractivity contribution < 1.29 is 22.7 Å². The van der Waals surface area contributed by atoms with E-state index < -0.39 is 27.9 Å². The lowest BCUT2D eigenvalue weighted by molar-refractivity contribution is 0.0312. The first kappa shape index (κ1) is 18.5. The summed E-state index contributed by atoms with van der Waals surface area (Å²) < 4.78 is 29.7. The van der Waals surface area contributed by atoms with Crippen LogP contribution < -0.4 is 4.72 Å². The normalized spacial score (nSPS) is 12.3.